The normalized spacial score (nSPS) is 12.4. The summed E-state index contributed by atoms with van der Waals surface area (Å²) in [5.74, 6) is 0.0901. The SMILES string of the molecule is COc1ccc(C(=O)Nc2ccc3c(c2F)CCNC3)c(OC)c1OC.Cl. The summed E-state index contributed by atoms with van der Waals surface area (Å²) in [7, 11) is 4.38. The summed E-state index contributed by atoms with van der Waals surface area (Å²) in [6, 6.07) is 6.55. The van der Waals surface area contributed by atoms with Crippen molar-refractivity contribution in [2.75, 3.05) is 33.2 Å². The number of amides is 1. The van der Waals surface area contributed by atoms with Crippen molar-refractivity contribution < 1.29 is 23.4 Å². The van der Waals surface area contributed by atoms with Crippen LogP contribution >= 0.6 is 12.4 Å². The lowest BCUT2D eigenvalue weighted by molar-refractivity contribution is 0.102. The Morgan fingerprint density at radius 3 is 2.48 bits per heavy atom. The summed E-state index contributed by atoms with van der Waals surface area (Å²) in [4.78, 5) is 12.7. The van der Waals surface area contributed by atoms with Gasteiger partial charge in [0.25, 0.3) is 5.91 Å². The Morgan fingerprint density at radius 2 is 1.81 bits per heavy atom. The second kappa shape index (κ2) is 8.92. The largest absolute Gasteiger partial charge is 0.493 e. The number of fused-ring (bicyclic) bond motifs is 1. The Hall–Kier alpha value is -2.51. The van der Waals surface area contributed by atoms with Crippen molar-refractivity contribution in [2.45, 2.75) is 13.0 Å². The second-order valence-electron chi connectivity index (χ2n) is 5.83. The molecule has 0 radical (unpaired) electrons. The molecule has 0 spiro atoms. The number of benzene rings is 2. The molecule has 1 aliphatic rings. The van der Waals surface area contributed by atoms with Crippen LogP contribution in [0.15, 0.2) is 24.3 Å². The number of carbonyl (C=O) groups excluding carboxylic acids is 1. The molecule has 27 heavy (non-hydrogen) atoms. The minimum atomic E-state index is -0.490. The lowest BCUT2D eigenvalue weighted by atomic mass is 9.99. The zero-order valence-electron chi connectivity index (χ0n) is 15.3. The predicted molar refractivity (Wildman–Crippen MR) is 103 cm³/mol. The molecule has 1 aliphatic heterocycles. The van der Waals surface area contributed by atoms with Crippen LogP contribution in [-0.4, -0.2) is 33.8 Å². The van der Waals surface area contributed by atoms with Crippen LogP contribution in [0.25, 0.3) is 0 Å². The molecule has 8 heteroatoms. The quantitative estimate of drug-likeness (QED) is 0.812. The van der Waals surface area contributed by atoms with Gasteiger partial charge in [-0.1, -0.05) is 6.07 Å². The second-order valence-corrected chi connectivity index (χ2v) is 5.83. The first kappa shape index (κ1) is 20.8. The van der Waals surface area contributed by atoms with Gasteiger partial charge in [0, 0.05) is 6.54 Å². The molecule has 0 aliphatic carbocycles. The molecule has 2 N–H and O–H groups in total. The molecule has 3 rings (SSSR count). The van der Waals surface area contributed by atoms with Gasteiger partial charge in [0.05, 0.1) is 32.6 Å². The average Bonchev–Trinajstić information content (AvgIpc) is 2.68. The molecule has 0 unspecified atom stereocenters. The predicted octanol–water partition coefficient (Wildman–Crippen LogP) is 3.17. The number of anilines is 1. The molecular formula is C19H22ClFN2O4. The third-order valence-electron chi connectivity index (χ3n) is 4.40. The first-order valence-corrected chi connectivity index (χ1v) is 8.22. The zero-order valence-corrected chi connectivity index (χ0v) is 16.2. The molecule has 146 valence electrons. The van der Waals surface area contributed by atoms with Crippen molar-refractivity contribution in [3.05, 3.63) is 46.8 Å². The maximum atomic E-state index is 14.8. The van der Waals surface area contributed by atoms with Crippen LogP contribution in [0.5, 0.6) is 17.2 Å². The van der Waals surface area contributed by atoms with Gasteiger partial charge in [0.1, 0.15) is 5.82 Å². The fourth-order valence-electron chi connectivity index (χ4n) is 3.10. The van der Waals surface area contributed by atoms with E-state index >= 15 is 0 Å². The van der Waals surface area contributed by atoms with Crippen molar-refractivity contribution in [1.29, 1.82) is 0 Å². The summed E-state index contributed by atoms with van der Waals surface area (Å²) in [5, 5.41) is 5.83. The minimum absolute atomic E-state index is 0. The molecular weight excluding hydrogens is 375 g/mol. The van der Waals surface area contributed by atoms with Gasteiger partial charge in [-0.25, -0.2) is 4.39 Å². The standard InChI is InChI=1S/C19H21FN2O4.ClH/c1-24-15-7-5-13(17(25-2)18(15)26-3)19(23)22-14-6-4-11-10-21-9-8-12(11)16(14)20;/h4-7,21H,8-10H2,1-3H3,(H,22,23);1H. The van der Waals surface area contributed by atoms with Crippen molar-refractivity contribution in [3.8, 4) is 17.2 Å². The van der Waals surface area contributed by atoms with E-state index in [4.69, 9.17) is 14.2 Å². The number of rotatable bonds is 5. The number of methoxy groups -OCH3 is 3. The molecule has 2 aromatic carbocycles. The van der Waals surface area contributed by atoms with E-state index in [0.717, 1.165) is 5.56 Å². The highest BCUT2D eigenvalue weighted by atomic mass is 35.5. The fraction of sp³-hybridized carbons (Fsp3) is 0.316. The summed E-state index contributed by atoms with van der Waals surface area (Å²) in [6.07, 6.45) is 0.588. The van der Waals surface area contributed by atoms with E-state index in [0.29, 0.717) is 36.6 Å². The van der Waals surface area contributed by atoms with Crippen molar-refractivity contribution in [1.82, 2.24) is 5.32 Å². The Bertz CT molecular complexity index is 845. The lowest BCUT2D eigenvalue weighted by Gasteiger charge is -2.20. The molecule has 0 saturated carbocycles. The Morgan fingerprint density at radius 1 is 1.07 bits per heavy atom. The summed E-state index contributed by atoms with van der Waals surface area (Å²) < 4.78 is 30.6. The van der Waals surface area contributed by atoms with E-state index in [1.54, 1.807) is 18.2 Å². The van der Waals surface area contributed by atoms with Gasteiger partial charge >= 0.3 is 0 Å². The Kier molecular flexibility index (Phi) is 6.87. The van der Waals surface area contributed by atoms with Crippen LogP contribution in [0, 0.1) is 5.82 Å². The van der Waals surface area contributed by atoms with Crippen molar-refractivity contribution >= 4 is 24.0 Å². The van der Waals surface area contributed by atoms with Gasteiger partial charge in [-0.3, -0.25) is 4.79 Å². The topological polar surface area (TPSA) is 68.8 Å². The maximum absolute atomic E-state index is 14.8. The molecule has 6 nitrogen and oxygen atoms in total. The summed E-state index contributed by atoms with van der Waals surface area (Å²) >= 11 is 0. The smallest absolute Gasteiger partial charge is 0.259 e. The number of nitrogens with one attached hydrogen (secondary N) is 2. The molecule has 1 heterocycles. The molecule has 1 amide bonds. The van der Waals surface area contributed by atoms with Gasteiger partial charge in [-0.15, -0.1) is 12.4 Å². The van der Waals surface area contributed by atoms with Crippen LogP contribution < -0.4 is 24.8 Å². The molecule has 2 aromatic rings. The fourth-order valence-corrected chi connectivity index (χ4v) is 3.10. The number of halogens is 2. The highest BCUT2D eigenvalue weighted by Crippen LogP contribution is 2.40. The van der Waals surface area contributed by atoms with E-state index in [-0.39, 0.29) is 29.4 Å². The average molecular weight is 397 g/mol. The minimum Gasteiger partial charge on any atom is -0.493 e. The number of ether oxygens (including phenoxy) is 3. The summed E-state index contributed by atoms with van der Waals surface area (Å²) in [5.41, 5.74) is 1.92. The molecule has 0 aromatic heterocycles. The maximum Gasteiger partial charge on any atom is 0.259 e. The van der Waals surface area contributed by atoms with E-state index in [1.165, 1.54) is 21.3 Å². The Labute approximate surface area is 163 Å². The number of hydrogen-bond donors (Lipinski definition) is 2. The van der Waals surface area contributed by atoms with Crippen LogP contribution in [-0.2, 0) is 13.0 Å². The van der Waals surface area contributed by atoms with Crippen molar-refractivity contribution in [3.63, 3.8) is 0 Å². The van der Waals surface area contributed by atoms with Gasteiger partial charge in [-0.05, 0) is 42.3 Å². The van der Waals surface area contributed by atoms with Crippen molar-refractivity contribution in [2.24, 2.45) is 0 Å². The van der Waals surface area contributed by atoms with Gasteiger partial charge in [0.15, 0.2) is 11.5 Å². The van der Waals surface area contributed by atoms with E-state index < -0.39 is 11.7 Å². The zero-order chi connectivity index (χ0) is 18.7. The highest BCUT2D eigenvalue weighted by molar-refractivity contribution is 6.07. The monoisotopic (exact) mass is 396 g/mol. The third kappa shape index (κ3) is 3.94. The highest BCUT2D eigenvalue weighted by Gasteiger charge is 2.23. The molecule has 0 saturated heterocycles. The molecule has 0 fully saturated rings. The van der Waals surface area contributed by atoms with Crippen LogP contribution in [0.1, 0.15) is 21.5 Å². The van der Waals surface area contributed by atoms with E-state index in [2.05, 4.69) is 10.6 Å². The molecule has 0 bridgehead atoms. The van der Waals surface area contributed by atoms with E-state index in [9.17, 15) is 9.18 Å². The lowest BCUT2D eigenvalue weighted by Crippen LogP contribution is -2.25. The van der Waals surface area contributed by atoms with Crippen LogP contribution in [0.2, 0.25) is 0 Å². The number of hydrogen-bond acceptors (Lipinski definition) is 5. The third-order valence-corrected chi connectivity index (χ3v) is 4.40. The summed E-state index contributed by atoms with van der Waals surface area (Å²) in [6.45, 7) is 1.34. The first-order valence-electron chi connectivity index (χ1n) is 8.22. The van der Waals surface area contributed by atoms with Crippen LogP contribution in [0.3, 0.4) is 0 Å². The van der Waals surface area contributed by atoms with Crippen LogP contribution in [0.4, 0.5) is 10.1 Å². The van der Waals surface area contributed by atoms with Gasteiger partial charge in [0.2, 0.25) is 5.75 Å². The number of carbonyl (C=O) groups is 1. The van der Waals surface area contributed by atoms with Gasteiger partial charge < -0.3 is 24.8 Å². The Balaban J connectivity index is 0.00000261. The van der Waals surface area contributed by atoms with Gasteiger partial charge in [-0.2, -0.15) is 0 Å². The molecule has 0 atom stereocenters. The van der Waals surface area contributed by atoms with E-state index in [1.807, 2.05) is 6.07 Å². The first-order chi connectivity index (χ1) is 12.6.